The van der Waals surface area contributed by atoms with Crippen LogP contribution in [0.25, 0.3) is 0 Å². The van der Waals surface area contributed by atoms with Gasteiger partial charge in [-0.25, -0.2) is 4.98 Å². The number of carbonyl (C=O) groups is 1. The maximum atomic E-state index is 12.2. The predicted molar refractivity (Wildman–Crippen MR) is 74.5 cm³/mol. The lowest BCUT2D eigenvalue weighted by Crippen LogP contribution is -2.44. The van der Waals surface area contributed by atoms with Gasteiger partial charge in [-0.1, -0.05) is 11.6 Å². The molecule has 1 aliphatic heterocycles. The van der Waals surface area contributed by atoms with Crippen molar-refractivity contribution in [1.82, 2.24) is 15.2 Å². The van der Waals surface area contributed by atoms with Crippen molar-refractivity contribution < 1.29 is 4.79 Å². The summed E-state index contributed by atoms with van der Waals surface area (Å²) in [6.45, 7) is 1.92. The highest BCUT2D eigenvalue weighted by molar-refractivity contribution is 6.32. The van der Waals surface area contributed by atoms with Crippen LogP contribution in [0.4, 0.5) is 0 Å². The van der Waals surface area contributed by atoms with Gasteiger partial charge in [-0.3, -0.25) is 4.79 Å². The van der Waals surface area contributed by atoms with Gasteiger partial charge in [0.05, 0.1) is 5.56 Å². The number of piperidine rings is 1. The second kappa shape index (κ2) is 6.92. The third kappa shape index (κ3) is 3.34. The molecule has 1 N–H and O–H groups in total. The first-order chi connectivity index (χ1) is 8.20. The summed E-state index contributed by atoms with van der Waals surface area (Å²) in [6.07, 6.45) is 3.56. The lowest BCUT2D eigenvalue weighted by molar-refractivity contribution is 0.0703. The highest BCUT2D eigenvalue weighted by atomic mass is 35.5. The molecule has 0 unspecified atom stereocenters. The van der Waals surface area contributed by atoms with E-state index in [1.165, 1.54) is 0 Å². The van der Waals surface area contributed by atoms with Crippen molar-refractivity contribution in [2.45, 2.75) is 18.9 Å². The van der Waals surface area contributed by atoms with Crippen LogP contribution < -0.4 is 5.32 Å². The lowest BCUT2D eigenvalue weighted by atomic mass is 10.0. The van der Waals surface area contributed by atoms with E-state index in [9.17, 15) is 4.79 Å². The molecule has 100 valence electrons. The maximum absolute atomic E-state index is 12.2. The molecule has 0 atom stereocenters. The minimum absolute atomic E-state index is 0. The van der Waals surface area contributed by atoms with Crippen molar-refractivity contribution in [3.8, 4) is 0 Å². The summed E-state index contributed by atoms with van der Waals surface area (Å²) in [5.41, 5.74) is 0.482. The van der Waals surface area contributed by atoms with Crippen LogP contribution in [0.2, 0.25) is 5.15 Å². The lowest BCUT2D eigenvalue weighted by Gasteiger charge is -2.31. The Kier molecular flexibility index (Phi) is 5.85. The smallest absolute Gasteiger partial charge is 0.256 e. The van der Waals surface area contributed by atoms with Gasteiger partial charge in [-0.15, -0.1) is 12.4 Å². The van der Waals surface area contributed by atoms with E-state index in [4.69, 9.17) is 11.6 Å². The second-order valence-corrected chi connectivity index (χ2v) is 4.60. The average molecular weight is 290 g/mol. The largest absolute Gasteiger partial charge is 0.339 e. The Hall–Kier alpha value is -0.840. The number of hydrogen-bond donors (Lipinski definition) is 1. The molecule has 0 aliphatic carbocycles. The van der Waals surface area contributed by atoms with Gasteiger partial charge in [0.15, 0.2) is 0 Å². The zero-order valence-corrected chi connectivity index (χ0v) is 11.8. The van der Waals surface area contributed by atoms with Crippen molar-refractivity contribution in [3.63, 3.8) is 0 Å². The first-order valence-electron chi connectivity index (χ1n) is 5.78. The minimum Gasteiger partial charge on any atom is -0.339 e. The molecule has 1 saturated heterocycles. The number of aromatic nitrogens is 1. The standard InChI is InChI=1S/C12H16ClN3O.ClH/c1-16(9-4-7-14-8-5-9)12(17)10-3-2-6-15-11(10)13;/h2-3,6,9,14H,4-5,7-8H2,1H3;1H. The van der Waals surface area contributed by atoms with Gasteiger partial charge >= 0.3 is 0 Å². The molecule has 0 radical (unpaired) electrons. The SMILES string of the molecule is CN(C(=O)c1cccnc1Cl)C1CCNCC1.Cl. The Balaban J connectivity index is 0.00000162. The summed E-state index contributed by atoms with van der Waals surface area (Å²) in [7, 11) is 1.83. The molecule has 0 bridgehead atoms. The van der Waals surface area contributed by atoms with Crippen LogP contribution in [0.3, 0.4) is 0 Å². The number of nitrogens with zero attached hydrogens (tertiary/aromatic N) is 2. The van der Waals surface area contributed by atoms with Gasteiger partial charge in [0.1, 0.15) is 5.15 Å². The Bertz CT molecular complexity index is 408. The Morgan fingerprint density at radius 3 is 2.78 bits per heavy atom. The zero-order chi connectivity index (χ0) is 12.3. The van der Waals surface area contributed by atoms with Gasteiger partial charge in [0.2, 0.25) is 0 Å². The van der Waals surface area contributed by atoms with E-state index in [1.54, 1.807) is 23.2 Å². The molecule has 1 aromatic heterocycles. The Morgan fingerprint density at radius 1 is 1.50 bits per heavy atom. The van der Waals surface area contributed by atoms with Gasteiger partial charge in [0, 0.05) is 19.3 Å². The fraction of sp³-hybridized carbons (Fsp3) is 0.500. The minimum atomic E-state index is -0.0463. The van der Waals surface area contributed by atoms with Crippen molar-refractivity contribution in [2.75, 3.05) is 20.1 Å². The number of pyridine rings is 1. The molecule has 1 amide bonds. The molecule has 1 aromatic rings. The highest BCUT2D eigenvalue weighted by Crippen LogP contribution is 2.17. The molecule has 1 fully saturated rings. The van der Waals surface area contributed by atoms with E-state index in [0.717, 1.165) is 25.9 Å². The number of halogens is 2. The zero-order valence-electron chi connectivity index (χ0n) is 10.2. The third-order valence-electron chi connectivity index (χ3n) is 3.17. The predicted octanol–water partition coefficient (Wildman–Crippen LogP) is 1.98. The van der Waals surface area contributed by atoms with E-state index in [2.05, 4.69) is 10.3 Å². The van der Waals surface area contributed by atoms with Crippen molar-refractivity contribution in [2.24, 2.45) is 0 Å². The fourth-order valence-corrected chi connectivity index (χ4v) is 2.30. The quantitative estimate of drug-likeness (QED) is 0.847. The number of nitrogens with one attached hydrogen (secondary N) is 1. The number of carbonyl (C=O) groups excluding carboxylic acids is 1. The average Bonchev–Trinajstić information content (AvgIpc) is 2.39. The first-order valence-corrected chi connectivity index (χ1v) is 6.16. The molecule has 6 heteroatoms. The molecule has 0 saturated carbocycles. The molecule has 1 aliphatic rings. The number of amides is 1. The molecular formula is C12H17Cl2N3O. The van der Waals surface area contributed by atoms with Crippen LogP contribution in [0.15, 0.2) is 18.3 Å². The van der Waals surface area contributed by atoms with Crippen LogP contribution in [-0.4, -0.2) is 42.0 Å². The topological polar surface area (TPSA) is 45.2 Å². The van der Waals surface area contributed by atoms with Gasteiger partial charge < -0.3 is 10.2 Å². The van der Waals surface area contributed by atoms with E-state index in [-0.39, 0.29) is 23.5 Å². The molecule has 2 rings (SSSR count). The summed E-state index contributed by atoms with van der Waals surface area (Å²) in [6, 6.07) is 3.74. The van der Waals surface area contributed by atoms with Crippen LogP contribution in [0.1, 0.15) is 23.2 Å². The van der Waals surface area contributed by atoms with Crippen molar-refractivity contribution in [1.29, 1.82) is 0 Å². The van der Waals surface area contributed by atoms with Gasteiger partial charge in [-0.05, 0) is 38.1 Å². The van der Waals surface area contributed by atoms with E-state index in [0.29, 0.717) is 11.6 Å². The third-order valence-corrected chi connectivity index (χ3v) is 3.47. The molecule has 18 heavy (non-hydrogen) atoms. The normalized spacial score (nSPS) is 15.9. The molecule has 0 spiro atoms. The van der Waals surface area contributed by atoms with Crippen molar-refractivity contribution in [3.05, 3.63) is 29.0 Å². The van der Waals surface area contributed by atoms with Crippen LogP contribution in [0.5, 0.6) is 0 Å². The molecule has 2 heterocycles. The van der Waals surface area contributed by atoms with Crippen LogP contribution >= 0.6 is 24.0 Å². The van der Waals surface area contributed by atoms with Crippen LogP contribution in [0, 0.1) is 0 Å². The number of hydrogen-bond acceptors (Lipinski definition) is 3. The van der Waals surface area contributed by atoms with Gasteiger partial charge in [0.25, 0.3) is 5.91 Å². The van der Waals surface area contributed by atoms with Crippen molar-refractivity contribution >= 4 is 29.9 Å². The molecule has 4 nitrogen and oxygen atoms in total. The highest BCUT2D eigenvalue weighted by Gasteiger charge is 2.24. The summed E-state index contributed by atoms with van der Waals surface area (Å²) in [5.74, 6) is -0.0463. The molecular weight excluding hydrogens is 273 g/mol. The summed E-state index contributed by atoms with van der Waals surface area (Å²) < 4.78 is 0. The summed E-state index contributed by atoms with van der Waals surface area (Å²) in [5, 5.41) is 3.56. The monoisotopic (exact) mass is 289 g/mol. The first kappa shape index (κ1) is 15.2. The Morgan fingerprint density at radius 2 is 2.17 bits per heavy atom. The molecule has 0 aromatic carbocycles. The Labute approximate surface area is 118 Å². The maximum Gasteiger partial charge on any atom is 0.256 e. The van der Waals surface area contributed by atoms with E-state index >= 15 is 0 Å². The van der Waals surface area contributed by atoms with E-state index in [1.807, 2.05) is 7.05 Å². The fourth-order valence-electron chi connectivity index (χ4n) is 2.10. The van der Waals surface area contributed by atoms with Crippen LogP contribution in [-0.2, 0) is 0 Å². The summed E-state index contributed by atoms with van der Waals surface area (Å²) in [4.78, 5) is 18.0. The van der Waals surface area contributed by atoms with Gasteiger partial charge in [-0.2, -0.15) is 0 Å². The summed E-state index contributed by atoms with van der Waals surface area (Å²) >= 11 is 5.93. The second-order valence-electron chi connectivity index (χ2n) is 4.24. The number of rotatable bonds is 2. The van der Waals surface area contributed by atoms with E-state index < -0.39 is 0 Å².